The zero-order chi connectivity index (χ0) is 15.2. The van der Waals surface area contributed by atoms with Crippen LogP contribution in [0.15, 0.2) is 41.0 Å². The van der Waals surface area contributed by atoms with Gasteiger partial charge >= 0.3 is 0 Å². The van der Waals surface area contributed by atoms with Gasteiger partial charge in [-0.2, -0.15) is 5.26 Å². The van der Waals surface area contributed by atoms with Crippen LogP contribution in [0, 0.1) is 11.3 Å². The normalized spacial score (nSPS) is 9.76. The van der Waals surface area contributed by atoms with Gasteiger partial charge in [-0.25, -0.2) is 10.8 Å². The molecule has 2 rings (SSSR count). The molecule has 0 radical (unpaired) electrons. The first-order chi connectivity index (χ1) is 10.1. The second-order valence-electron chi connectivity index (χ2n) is 4.18. The molecule has 6 nitrogen and oxygen atoms in total. The first kappa shape index (κ1) is 15.0. The summed E-state index contributed by atoms with van der Waals surface area (Å²) in [5, 5.41) is 11.4. The van der Waals surface area contributed by atoms with Crippen LogP contribution in [0.4, 0.5) is 11.5 Å². The molecular formula is C14H12BrN5O. The van der Waals surface area contributed by atoms with Crippen molar-refractivity contribution >= 4 is 33.3 Å². The van der Waals surface area contributed by atoms with Crippen LogP contribution in [0.2, 0.25) is 0 Å². The highest BCUT2D eigenvalue weighted by molar-refractivity contribution is 9.10. The molecule has 0 spiro atoms. The van der Waals surface area contributed by atoms with Gasteiger partial charge in [0.2, 0.25) is 0 Å². The average molecular weight is 346 g/mol. The summed E-state index contributed by atoms with van der Waals surface area (Å²) in [6.07, 6.45) is 1.88. The van der Waals surface area contributed by atoms with Crippen molar-refractivity contribution in [2.75, 3.05) is 10.7 Å². The minimum absolute atomic E-state index is 0.289. The third-order valence-electron chi connectivity index (χ3n) is 2.73. The number of nitrogen functional groups attached to an aromatic ring is 1. The van der Waals surface area contributed by atoms with Gasteiger partial charge in [0.1, 0.15) is 0 Å². The van der Waals surface area contributed by atoms with Crippen LogP contribution in [0.3, 0.4) is 0 Å². The summed E-state index contributed by atoms with van der Waals surface area (Å²) in [6.45, 7) is 0. The molecule has 1 heterocycles. The van der Waals surface area contributed by atoms with Gasteiger partial charge in [-0.05, 0) is 39.7 Å². The van der Waals surface area contributed by atoms with Crippen molar-refractivity contribution in [2.24, 2.45) is 5.84 Å². The van der Waals surface area contributed by atoms with E-state index >= 15 is 0 Å². The van der Waals surface area contributed by atoms with E-state index in [4.69, 9.17) is 11.1 Å². The predicted molar refractivity (Wildman–Crippen MR) is 83.5 cm³/mol. The fraction of sp³-hybridized carbons (Fsp3) is 0.0714. The maximum Gasteiger partial charge on any atom is 0.259 e. The van der Waals surface area contributed by atoms with Crippen molar-refractivity contribution in [1.29, 1.82) is 5.26 Å². The molecule has 1 aromatic heterocycles. The van der Waals surface area contributed by atoms with Crippen LogP contribution in [-0.2, 0) is 6.42 Å². The Morgan fingerprint density at radius 3 is 2.71 bits per heavy atom. The number of amides is 1. The summed E-state index contributed by atoms with van der Waals surface area (Å²) in [5.74, 6) is 5.31. The van der Waals surface area contributed by atoms with E-state index in [0.29, 0.717) is 22.1 Å². The number of hydrogen-bond donors (Lipinski definition) is 3. The number of benzene rings is 1. The largest absolute Gasteiger partial charge is 0.322 e. The lowest BCUT2D eigenvalue weighted by atomic mass is 10.1. The molecule has 7 heteroatoms. The molecule has 0 saturated carbocycles. The van der Waals surface area contributed by atoms with E-state index in [1.165, 1.54) is 0 Å². The monoisotopic (exact) mass is 345 g/mol. The van der Waals surface area contributed by atoms with Crippen LogP contribution < -0.4 is 16.6 Å². The molecule has 0 aliphatic carbocycles. The highest BCUT2D eigenvalue weighted by Gasteiger charge is 2.13. The lowest BCUT2D eigenvalue weighted by Gasteiger charge is -2.09. The van der Waals surface area contributed by atoms with Gasteiger partial charge in [0.25, 0.3) is 5.91 Å². The second kappa shape index (κ2) is 6.83. The van der Waals surface area contributed by atoms with Crippen LogP contribution in [0.1, 0.15) is 15.9 Å². The van der Waals surface area contributed by atoms with Crippen LogP contribution in [0.5, 0.6) is 0 Å². The lowest BCUT2D eigenvalue weighted by molar-refractivity contribution is 0.102. The van der Waals surface area contributed by atoms with Gasteiger partial charge in [-0.1, -0.05) is 12.1 Å². The van der Waals surface area contributed by atoms with Crippen molar-refractivity contribution < 1.29 is 4.79 Å². The Bertz CT molecular complexity index is 694. The molecular weight excluding hydrogens is 334 g/mol. The predicted octanol–water partition coefficient (Wildman–Crippen LogP) is 2.45. The fourth-order valence-corrected chi connectivity index (χ4v) is 2.05. The second-order valence-corrected chi connectivity index (χ2v) is 5.10. The van der Waals surface area contributed by atoms with Gasteiger partial charge in [0.05, 0.1) is 18.1 Å². The number of nitrogens with zero attached hydrogens (tertiary/aromatic N) is 2. The number of nitrogens with two attached hydrogens (primary N) is 1. The standard InChI is InChI=1S/C14H12BrN5O/c15-10-7-12(13(20-17)18-8-10)14(21)19-11-3-1-9(2-4-11)5-6-16/h1-4,7-8H,5,17H2,(H,18,20)(H,19,21). The van der Waals surface area contributed by atoms with Gasteiger partial charge in [0.15, 0.2) is 5.82 Å². The molecule has 1 aromatic carbocycles. The average Bonchev–Trinajstić information content (AvgIpc) is 2.49. The fourth-order valence-electron chi connectivity index (χ4n) is 1.72. The van der Waals surface area contributed by atoms with Gasteiger partial charge in [-0.15, -0.1) is 0 Å². The van der Waals surface area contributed by atoms with E-state index in [0.717, 1.165) is 5.56 Å². The minimum Gasteiger partial charge on any atom is -0.322 e. The van der Waals surface area contributed by atoms with Gasteiger partial charge in [-0.3, -0.25) is 4.79 Å². The first-order valence-corrected chi connectivity index (χ1v) is 6.82. The molecule has 0 aliphatic rings. The van der Waals surface area contributed by atoms with Crippen LogP contribution in [0.25, 0.3) is 0 Å². The molecule has 0 aliphatic heterocycles. The number of pyridine rings is 1. The Labute approximate surface area is 130 Å². The molecule has 1 amide bonds. The number of carbonyl (C=O) groups is 1. The number of aromatic nitrogens is 1. The van der Waals surface area contributed by atoms with Gasteiger partial charge in [0, 0.05) is 16.4 Å². The maximum absolute atomic E-state index is 12.2. The van der Waals surface area contributed by atoms with Crippen molar-refractivity contribution in [3.05, 3.63) is 52.1 Å². The Morgan fingerprint density at radius 1 is 1.38 bits per heavy atom. The molecule has 4 N–H and O–H groups in total. The summed E-state index contributed by atoms with van der Waals surface area (Å²) in [7, 11) is 0. The maximum atomic E-state index is 12.2. The van der Waals surface area contributed by atoms with E-state index in [9.17, 15) is 4.79 Å². The van der Waals surface area contributed by atoms with Crippen LogP contribution >= 0.6 is 15.9 Å². The van der Waals surface area contributed by atoms with E-state index in [1.807, 2.05) is 0 Å². The quantitative estimate of drug-likeness (QED) is 0.583. The number of nitriles is 1. The Hall–Kier alpha value is -2.43. The Balaban J connectivity index is 2.18. The number of rotatable bonds is 4. The summed E-state index contributed by atoms with van der Waals surface area (Å²) < 4.78 is 0.677. The molecule has 0 bridgehead atoms. The van der Waals surface area contributed by atoms with E-state index in [-0.39, 0.29) is 11.7 Å². The molecule has 106 valence electrons. The van der Waals surface area contributed by atoms with Gasteiger partial charge < -0.3 is 10.7 Å². The zero-order valence-corrected chi connectivity index (χ0v) is 12.5. The molecule has 21 heavy (non-hydrogen) atoms. The Morgan fingerprint density at radius 2 is 2.10 bits per heavy atom. The lowest BCUT2D eigenvalue weighted by Crippen LogP contribution is -2.18. The molecule has 0 atom stereocenters. The number of anilines is 2. The number of hydrazine groups is 1. The van der Waals surface area contributed by atoms with Crippen molar-refractivity contribution in [1.82, 2.24) is 4.98 Å². The summed E-state index contributed by atoms with van der Waals surface area (Å²) in [5.41, 5.74) is 4.24. The van der Waals surface area contributed by atoms with Crippen molar-refractivity contribution in [3.63, 3.8) is 0 Å². The number of halogens is 1. The number of carbonyl (C=O) groups excluding carboxylic acids is 1. The Kier molecular flexibility index (Phi) is 4.87. The first-order valence-electron chi connectivity index (χ1n) is 6.03. The highest BCUT2D eigenvalue weighted by Crippen LogP contribution is 2.19. The van der Waals surface area contributed by atoms with Crippen molar-refractivity contribution in [3.8, 4) is 6.07 Å². The summed E-state index contributed by atoms with van der Waals surface area (Å²) in [4.78, 5) is 16.3. The van der Waals surface area contributed by atoms with E-state index in [2.05, 4.69) is 37.7 Å². The topological polar surface area (TPSA) is 104 Å². The minimum atomic E-state index is -0.329. The van der Waals surface area contributed by atoms with Crippen LogP contribution in [-0.4, -0.2) is 10.9 Å². The van der Waals surface area contributed by atoms with E-state index in [1.54, 1.807) is 36.5 Å². The summed E-state index contributed by atoms with van der Waals surface area (Å²) >= 11 is 3.26. The highest BCUT2D eigenvalue weighted by atomic mass is 79.9. The molecule has 2 aromatic rings. The summed E-state index contributed by atoms with van der Waals surface area (Å²) in [6, 6.07) is 10.8. The van der Waals surface area contributed by atoms with Crippen molar-refractivity contribution in [2.45, 2.75) is 6.42 Å². The molecule has 0 unspecified atom stereocenters. The van der Waals surface area contributed by atoms with E-state index < -0.39 is 0 Å². The third kappa shape index (κ3) is 3.78. The third-order valence-corrected chi connectivity index (χ3v) is 3.16. The molecule has 0 saturated heterocycles. The number of nitrogens with one attached hydrogen (secondary N) is 2. The SMILES string of the molecule is N#CCc1ccc(NC(=O)c2cc(Br)cnc2NN)cc1. The molecule has 0 fully saturated rings. The number of hydrogen-bond acceptors (Lipinski definition) is 5. The zero-order valence-electron chi connectivity index (χ0n) is 10.9. The smallest absolute Gasteiger partial charge is 0.259 e.